The van der Waals surface area contributed by atoms with Gasteiger partial charge in [-0.2, -0.15) is 0 Å². The molecule has 5 N–H and O–H groups in total. The molecule has 9 nitrogen and oxygen atoms in total. The van der Waals surface area contributed by atoms with Crippen LogP contribution in [-0.2, 0) is 16.0 Å². The Morgan fingerprint density at radius 3 is 2.44 bits per heavy atom. The summed E-state index contributed by atoms with van der Waals surface area (Å²) in [5.74, 6) is -0.947. The highest BCUT2D eigenvalue weighted by molar-refractivity contribution is 5.87. The number of methoxy groups -OCH3 is 2. The van der Waals surface area contributed by atoms with Crippen molar-refractivity contribution < 1.29 is 34.3 Å². The summed E-state index contributed by atoms with van der Waals surface area (Å²) in [7, 11) is 2.90. The summed E-state index contributed by atoms with van der Waals surface area (Å²) in [4.78, 5) is 34.7. The van der Waals surface area contributed by atoms with E-state index in [1.54, 1.807) is 6.07 Å². The number of carbonyl (C=O) groups excluding carboxylic acids is 1. The third kappa shape index (κ3) is 4.07. The Labute approximate surface area is 142 Å². The minimum atomic E-state index is -1.22. The summed E-state index contributed by atoms with van der Waals surface area (Å²) in [5.41, 5.74) is 3.41. The third-order valence-corrected chi connectivity index (χ3v) is 3.62. The van der Waals surface area contributed by atoms with Gasteiger partial charge >= 0.3 is 11.6 Å². The summed E-state index contributed by atoms with van der Waals surface area (Å²) in [6.45, 7) is -0.0908. The minimum absolute atomic E-state index is 0.0908. The molecule has 134 valence electrons. The molecule has 2 aromatic rings. The highest BCUT2D eigenvalue weighted by atomic mass is 16.5. The quantitative estimate of drug-likeness (QED) is 0.552. The number of aliphatic carboxylic acids is 1. The van der Waals surface area contributed by atoms with Crippen LogP contribution in [0.2, 0.25) is 0 Å². The van der Waals surface area contributed by atoms with Gasteiger partial charge in [0.1, 0.15) is 11.6 Å². The van der Waals surface area contributed by atoms with E-state index in [9.17, 15) is 19.5 Å². The second-order valence-corrected chi connectivity index (χ2v) is 5.21. The number of benzene rings is 1. The number of carbonyl (C=O) groups is 2. The van der Waals surface area contributed by atoms with Gasteiger partial charge in [-0.15, -0.1) is 0 Å². The van der Waals surface area contributed by atoms with Gasteiger partial charge in [-0.05, 0) is 11.6 Å². The van der Waals surface area contributed by atoms with Gasteiger partial charge in [0.15, 0.2) is 18.0 Å². The van der Waals surface area contributed by atoms with Crippen molar-refractivity contribution in [3.05, 3.63) is 34.2 Å². The number of quaternary nitrogens is 1. The lowest BCUT2D eigenvalue weighted by atomic mass is 10.0. The summed E-state index contributed by atoms with van der Waals surface area (Å²) >= 11 is 0. The predicted octanol–water partition coefficient (Wildman–Crippen LogP) is -0.836. The van der Waals surface area contributed by atoms with Gasteiger partial charge in [0.25, 0.3) is 5.91 Å². The fraction of sp³-hybridized carbons (Fsp3) is 0.312. The van der Waals surface area contributed by atoms with Crippen molar-refractivity contribution in [2.45, 2.75) is 12.5 Å². The highest BCUT2D eigenvalue weighted by Gasteiger charge is 2.23. The summed E-state index contributed by atoms with van der Waals surface area (Å²) in [5, 5.41) is 12.2. The molecule has 0 saturated carbocycles. The molecule has 0 bridgehead atoms. The van der Waals surface area contributed by atoms with Crippen molar-refractivity contribution in [1.82, 2.24) is 5.32 Å². The smallest absolute Gasteiger partial charge is 0.336 e. The van der Waals surface area contributed by atoms with Gasteiger partial charge in [0, 0.05) is 23.9 Å². The van der Waals surface area contributed by atoms with E-state index in [1.165, 1.54) is 26.4 Å². The first-order valence-corrected chi connectivity index (χ1v) is 7.39. The Kier molecular flexibility index (Phi) is 5.60. The molecule has 0 fully saturated rings. The third-order valence-electron chi connectivity index (χ3n) is 3.62. The molecule has 1 aromatic heterocycles. The topological polar surface area (TPSA) is 143 Å². The van der Waals surface area contributed by atoms with Gasteiger partial charge in [-0.3, -0.25) is 4.79 Å². The fourth-order valence-electron chi connectivity index (χ4n) is 2.41. The first-order valence-electron chi connectivity index (χ1n) is 7.39. The number of carboxylic acid groups (broad SMARTS) is 1. The van der Waals surface area contributed by atoms with Crippen LogP contribution in [0.25, 0.3) is 11.0 Å². The van der Waals surface area contributed by atoms with Crippen LogP contribution < -0.4 is 26.1 Å². The molecule has 1 atom stereocenters. The maximum atomic E-state index is 11.8. The zero-order chi connectivity index (χ0) is 18.6. The number of nitrogens with one attached hydrogen (secondary N) is 1. The van der Waals surface area contributed by atoms with Gasteiger partial charge in [-0.1, -0.05) is 0 Å². The van der Waals surface area contributed by atoms with Crippen molar-refractivity contribution in [2.24, 2.45) is 0 Å². The maximum absolute atomic E-state index is 11.8. The Hall–Kier alpha value is -3.07. The largest absolute Gasteiger partial charge is 0.493 e. The van der Waals surface area contributed by atoms with E-state index < -0.39 is 23.5 Å². The van der Waals surface area contributed by atoms with Crippen LogP contribution in [-0.4, -0.2) is 43.8 Å². The van der Waals surface area contributed by atoms with Crippen LogP contribution in [0.15, 0.2) is 27.4 Å². The van der Waals surface area contributed by atoms with Gasteiger partial charge < -0.3 is 30.0 Å². The van der Waals surface area contributed by atoms with Crippen LogP contribution >= 0.6 is 0 Å². The lowest BCUT2D eigenvalue weighted by molar-refractivity contribution is -0.355. The molecule has 1 heterocycles. The Balaban J connectivity index is 2.53. The first-order chi connectivity index (χ1) is 11.9. The molecule has 0 saturated heterocycles. The second-order valence-electron chi connectivity index (χ2n) is 5.21. The Morgan fingerprint density at radius 1 is 1.24 bits per heavy atom. The molecule has 0 aliphatic rings. The number of rotatable bonds is 7. The molecule has 0 aliphatic carbocycles. The fourth-order valence-corrected chi connectivity index (χ4v) is 2.41. The number of carboxylic acids is 1. The van der Waals surface area contributed by atoms with Crippen LogP contribution in [0.4, 0.5) is 0 Å². The normalized spacial score (nSPS) is 11.8. The van der Waals surface area contributed by atoms with Crippen molar-refractivity contribution in [1.29, 1.82) is 0 Å². The summed E-state index contributed by atoms with van der Waals surface area (Å²) < 4.78 is 15.5. The summed E-state index contributed by atoms with van der Waals surface area (Å²) in [6.07, 6.45) is -0.0986. The highest BCUT2D eigenvalue weighted by Crippen LogP contribution is 2.33. The second kappa shape index (κ2) is 7.67. The molecule has 25 heavy (non-hydrogen) atoms. The average Bonchev–Trinajstić information content (AvgIpc) is 2.59. The number of hydrogen-bond donors (Lipinski definition) is 3. The lowest BCUT2D eigenvalue weighted by Crippen LogP contribution is -2.59. The summed E-state index contributed by atoms with van der Waals surface area (Å²) in [6, 6.07) is 3.07. The number of ether oxygens (including phenoxy) is 2. The molecular weight excluding hydrogens is 332 g/mol. The molecular formula is C16H19N2O7+. The molecule has 1 aromatic carbocycles. The molecule has 0 aliphatic heterocycles. The van der Waals surface area contributed by atoms with E-state index >= 15 is 0 Å². The average molecular weight is 351 g/mol. The molecule has 9 heteroatoms. The van der Waals surface area contributed by atoms with E-state index in [4.69, 9.17) is 13.9 Å². The van der Waals surface area contributed by atoms with Gasteiger partial charge in [-0.25, -0.2) is 9.59 Å². The van der Waals surface area contributed by atoms with E-state index in [1.807, 2.05) is 0 Å². The standard InChI is InChI=1S/C16H18N2O7/c1-23-12-5-9-8(3-10(16(21)22)18-14(19)7-17)4-15(20)25-11(9)6-13(12)24-2/h4-6,10H,3,7,17H2,1-2H3,(H,18,19)(H,21,22)/p+1. The minimum Gasteiger partial charge on any atom is -0.493 e. The molecule has 0 radical (unpaired) electrons. The zero-order valence-corrected chi connectivity index (χ0v) is 13.8. The zero-order valence-electron chi connectivity index (χ0n) is 13.8. The van der Waals surface area contributed by atoms with Crippen molar-refractivity contribution in [3.63, 3.8) is 0 Å². The number of fused-ring (bicyclic) bond motifs is 1. The van der Waals surface area contributed by atoms with Crippen molar-refractivity contribution in [3.8, 4) is 11.5 Å². The van der Waals surface area contributed by atoms with Crippen molar-refractivity contribution >= 4 is 22.8 Å². The van der Waals surface area contributed by atoms with E-state index in [0.29, 0.717) is 22.4 Å². The van der Waals surface area contributed by atoms with Crippen LogP contribution in [0.1, 0.15) is 5.56 Å². The molecule has 0 spiro atoms. The van der Waals surface area contributed by atoms with E-state index in [2.05, 4.69) is 11.1 Å². The number of hydrogen-bond acceptors (Lipinski definition) is 6. The van der Waals surface area contributed by atoms with Crippen LogP contribution in [0.5, 0.6) is 11.5 Å². The van der Waals surface area contributed by atoms with Crippen molar-refractivity contribution in [2.75, 3.05) is 20.8 Å². The van der Waals surface area contributed by atoms with E-state index in [0.717, 1.165) is 0 Å². The Bertz CT molecular complexity index is 859. The predicted molar refractivity (Wildman–Crippen MR) is 86.6 cm³/mol. The van der Waals surface area contributed by atoms with Crippen LogP contribution in [0, 0.1) is 0 Å². The molecule has 2 rings (SSSR count). The number of amides is 1. The molecule has 1 unspecified atom stereocenters. The molecule has 1 amide bonds. The monoisotopic (exact) mass is 351 g/mol. The maximum Gasteiger partial charge on any atom is 0.336 e. The Morgan fingerprint density at radius 2 is 1.88 bits per heavy atom. The van der Waals surface area contributed by atoms with E-state index in [-0.39, 0.29) is 18.5 Å². The van der Waals surface area contributed by atoms with Gasteiger partial charge in [0.2, 0.25) is 0 Å². The first kappa shape index (κ1) is 18.3. The van der Waals surface area contributed by atoms with Crippen LogP contribution in [0.3, 0.4) is 0 Å². The SMILES string of the molecule is COc1cc2oc(=O)cc(CC(NC(=O)C[NH3+])C(=O)O)c2cc1OC. The lowest BCUT2D eigenvalue weighted by Gasteiger charge is -2.15. The van der Waals surface area contributed by atoms with Gasteiger partial charge in [0.05, 0.1) is 14.2 Å².